The van der Waals surface area contributed by atoms with Gasteiger partial charge in [-0.25, -0.2) is 4.98 Å². The van der Waals surface area contributed by atoms with Crippen molar-refractivity contribution < 1.29 is 9.53 Å². The van der Waals surface area contributed by atoms with Crippen LogP contribution in [0.4, 0.5) is 5.13 Å². The zero-order valence-corrected chi connectivity index (χ0v) is 13.5. The second-order valence-electron chi connectivity index (χ2n) is 4.43. The molecule has 0 bridgehead atoms. The van der Waals surface area contributed by atoms with E-state index >= 15 is 0 Å². The molecule has 114 valence electrons. The number of hydrogen-bond donors (Lipinski definition) is 1. The van der Waals surface area contributed by atoms with E-state index in [2.05, 4.69) is 29.0 Å². The third kappa shape index (κ3) is 6.34. The van der Waals surface area contributed by atoms with Gasteiger partial charge in [0.05, 0.1) is 18.7 Å². The van der Waals surface area contributed by atoms with Crippen molar-refractivity contribution in [3.63, 3.8) is 0 Å². The Labute approximate surface area is 125 Å². The summed E-state index contributed by atoms with van der Waals surface area (Å²) in [4.78, 5) is 18.1. The van der Waals surface area contributed by atoms with E-state index in [1.54, 1.807) is 0 Å². The van der Waals surface area contributed by atoms with Gasteiger partial charge in [-0.2, -0.15) is 0 Å². The van der Waals surface area contributed by atoms with Crippen LogP contribution >= 0.6 is 11.3 Å². The van der Waals surface area contributed by atoms with Crippen LogP contribution in [-0.2, 0) is 16.0 Å². The number of ether oxygens (including phenoxy) is 1. The van der Waals surface area contributed by atoms with Gasteiger partial charge in [0.1, 0.15) is 0 Å². The van der Waals surface area contributed by atoms with E-state index in [0.29, 0.717) is 6.61 Å². The number of carbonyl (C=O) groups is 1. The van der Waals surface area contributed by atoms with E-state index in [0.717, 1.165) is 43.4 Å². The Balaban J connectivity index is 2.25. The van der Waals surface area contributed by atoms with Gasteiger partial charge in [0.2, 0.25) is 0 Å². The molecule has 0 aliphatic carbocycles. The van der Waals surface area contributed by atoms with Gasteiger partial charge in [-0.1, -0.05) is 13.8 Å². The van der Waals surface area contributed by atoms with Crippen LogP contribution in [0.3, 0.4) is 0 Å². The number of thiazole rings is 1. The fourth-order valence-corrected chi connectivity index (χ4v) is 2.61. The molecule has 0 atom stereocenters. The Hall–Kier alpha value is -1.14. The molecule has 1 aromatic rings. The predicted octanol–water partition coefficient (Wildman–Crippen LogP) is 2.39. The lowest BCUT2D eigenvalue weighted by Gasteiger charge is -2.17. The molecular formula is C14H25N3O2S. The number of aromatic nitrogens is 1. The molecule has 1 rings (SSSR count). The second kappa shape index (κ2) is 9.72. The summed E-state index contributed by atoms with van der Waals surface area (Å²) in [6.45, 7) is 10.8. The quantitative estimate of drug-likeness (QED) is 0.531. The number of hydrogen-bond acceptors (Lipinski definition) is 6. The minimum Gasteiger partial charge on any atom is -0.466 e. The highest BCUT2D eigenvalue weighted by atomic mass is 32.1. The summed E-state index contributed by atoms with van der Waals surface area (Å²) in [5.74, 6) is -0.217. The van der Waals surface area contributed by atoms with Crippen LogP contribution in [0.1, 0.15) is 32.9 Å². The monoisotopic (exact) mass is 299 g/mol. The first-order valence-electron chi connectivity index (χ1n) is 7.25. The van der Waals surface area contributed by atoms with Crippen molar-refractivity contribution in [1.29, 1.82) is 0 Å². The summed E-state index contributed by atoms with van der Waals surface area (Å²) in [7, 11) is 0. The van der Waals surface area contributed by atoms with Gasteiger partial charge in [-0.15, -0.1) is 11.3 Å². The van der Waals surface area contributed by atoms with Crippen LogP contribution in [0.5, 0.6) is 0 Å². The summed E-state index contributed by atoms with van der Waals surface area (Å²) in [6.07, 6.45) is 1.35. The lowest BCUT2D eigenvalue weighted by Crippen LogP contribution is -2.25. The van der Waals surface area contributed by atoms with Crippen molar-refractivity contribution in [2.45, 2.75) is 33.6 Å². The predicted molar refractivity (Wildman–Crippen MR) is 83.3 cm³/mol. The maximum absolute atomic E-state index is 11.3. The smallest absolute Gasteiger partial charge is 0.311 e. The van der Waals surface area contributed by atoms with E-state index in [4.69, 9.17) is 4.74 Å². The minimum atomic E-state index is -0.217. The molecule has 0 unspecified atom stereocenters. The maximum Gasteiger partial charge on any atom is 0.311 e. The van der Waals surface area contributed by atoms with Gasteiger partial charge in [0.15, 0.2) is 5.13 Å². The Morgan fingerprint density at radius 3 is 2.80 bits per heavy atom. The molecule has 6 heteroatoms. The molecular weight excluding hydrogens is 274 g/mol. The lowest BCUT2D eigenvalue weighted by molar-refractivity contribution is -0.142. The van der Waals surface area contributed by atoms with Gasteiger partial charge in [-0.05, 0) is 33.0 Å². The Morgan fingerprint density at radius 1 is 1.40 bits per heavy atom. The fourth-order valence-electron chi connectivity index (χ4n) is 1.87. The highest BCUT2D eigenvalue weighted by Crippen LogP contribution is 2.16. The fraction of sp³-hybridized carbons (Fsp3) is 0.714. The average Bonchev–Trinajstić information content (AvgIpc) is 2.86. The van der Waals surface area contributed by atoms with E-state index in [-0.39, 0.29) is 12.4 Å². The topological polar surface area (TPSA) is 54.5 Å². The van der Waals surface area contributed by atoms with Crippen molar-refractivity contribution >= 4 is 22.4 Å². The molecule has 0 spiro atoms. The molecule has 5 nitrogen and oxygen atoms in total. The zero-order chi connectivity index (χ0) is 14.8. The zero-order valence-electron chi connectivity index (χ0n) is 12.6. The van der Waals surface area contributed by atoms with Crippen molar-refractivity contribution in [3.05, 3.63) is 11.1 Å². The number of anilines is 1. The molecule has 0 saturated carbocycles. The van der Waals surface area contributed by atoms with Gasteiger partial charge < -0.3 is 15.0 Å². The first-order valence-corrected chi connectivity index (χ1v) is 8.13. The molecule has 0 aliphatic heterocycles. The van der Waals surface area contributed by atoms with E-state index in [9.17, 15) is 4.79 Å². The Kier molecular flexibility index (Phi) is 8.22. The molecule has 0 aliphatic rings. The summed E-state index contributed by atoms with van der Waals surface area (Å²) < 4.78 is 4.90. The third-order valence-electron chi connectivity index (χ3n) is 3.00. The Morgan fingerprint density at radius 2 is 2.15 bits per heavy atom. The van der Waals surface area contributed by atoms with E-state index in [1.807, 2.05) is 12.3 Å². The highest BCUT2D eigenvalue weighted by molar-refractivity contribution is 7.13. The van der Waals surface area contributed by atoms with Crippen LogP contribution < -0.4 is 5.32 Å². The molecule has 0 radical (unpaired) electrons. The SMILES string of the molecule is CCOC(=O)Cc1csc(NCCCN(CC)CC)n1. The number of nitrogens with zero attached hydrogens (tertiary/aromatic N) is 2. The van der Waals surface area contributed by atoms with Gasteiger partial charge in [-0.3, -0.25) is 4.79 Å². The molecule has 0 saturated heterocycles. The van der Waals surface area contributed by atoms with Crippen LogP contribution in [0, 0.1) is 0 Å². The second-order valence-corrected chi connectivity index (χ2v) is 5.29. The number of rotatable bonds is 10. The highest BCUT2D eigenvalue weighted by Gasteiger charge is 2.08. The van der Waals surface area contributed by atoms with Crippen LogP contribution in [0.2, 0.25) is 0 Å². The van der Waals surface area contributed by atoms with Crippen molar-refractivity contribution in [1.82, 2.24) is 9.88 Å². The van der Waals surface area contributed by atoms with E-state index < -0.39 is 0 Å². The van der Waals surface area contributed by atoms with Crippen molar-refractivity contribution in [2.24, 2.45) is 0 Å². The molecule has 0 aromatic carbocycles. The minimum absolute atomic E-state index is 0.217. The van der Waals surface area contributed by atoms with Crippen molar-refractivity contribution in [3.8, 4) is 0 Å². The molecule has 1 aromatic heterocycles. The Bertz CT molecular complexity index is 392. The first-order chi connectivity index (χ1) is 9.69. The van der Waals surface area contributed by atoms with Gasteiger partial charge in [0.25, 0.3) is 0 Å². The van der Waals surface area contributed by atoms with Gasteiger partial charge in [0, 0.05) is 11.9 Å². The standard InChI is InChI=1S/C14H25N3O2S/c1-4-17(5-2)9-7-8-15-14-16-12(11-20-14)10-13(18)19-6-3/h11H,4-10H2,1-3H3,(H,15,16). The summed E-state index contributed by atoms with van der Waals surface area (Å²) in [5.41, 5.74) is 0.777. The van der Waals surface area contributed by atoms with Crippen LogP contribution in [0.15, 0.2) is 5.38 Å². The average molecular weight is 299 g/mol. The first kappa shape index (κ1) is 16.9. The van der Waals surface area contributed by atoms with Crippen molar-refractivity contribution in [2.75, 3.05) is 38.1 Å². The normalized spacial score (nSPS) is 10.8. The molecule has 1 heterocycles. The van der Waals surface area contributed by atoms with Crippen LogP contribution in [0.25, 0.3) is 0 Å². The number of carbonyl (C=O) groups excluding carboxylic acids is 1. The third-order valence-corrected chi connectivity index (χ3v) is 3.85. The lowest BCUT2D eigenvalue weighted by atomic mass is 10.3. The maximum atomic E-state index is 11.3. The molecule has 0 fully saturated rings. The van der Waals surface area contributed by atoms with Gasteiger partial charge >= 0.3 is 5.97 Å². The van der Waals surface area contributed by atoms with E-state index in [1.165, 1.54) is 11.3 Å². The summed E-state index contributed by atoms with van der Waals surface area (Å²) in [5, 5.41) is 6.09. The molecule has 1 N–H and O–H groups in total. The number of nitrogens with one attached hydrogen (secondary N) is 1. The largest absolute Gasteiger partial charge is 0.466 e. The summed E-state index contributed by atoms with van der Waals surface area (Å²) in [6, 6.07) is 0. The molecule has 20 heavy (non-hydrogen) atoms. The summed E-state index contributed by atoms with van der Waals surface area (Å²) >= 11 is 1.54. The number of esters is 1. The molecule has 0 amide bonds. The van der Waals surface area contributed by atoms with Crippen LogP contribution in [-0.4, -0.2) is 48.6 Å².